The van der Waals surface area contributed by atoms with E-state index in [1.807, 2.05) is 109 Å². The minimum atomic E-state index is -0.535. The summed E-state index contributed by atoms with van der Waals surface area (Å²) < 4.78 is 11.1. The number of hydrogen-bond acceptors (Lipinski definition) is 8. The topological polar surface area (TPSA) is 172 Å². The van der Waals surface area contributed by atoms with Crippen molar-refractivity contribution in [2.45, 2.75) is 117 Å². The number of aromatic nitrogens is 2. The van der Waals surface area contributed by atoms with Crippen LogP contribution < -0.4 is 10.2 Å². The van der Waals surface area contributed by atoms with Crippen LogP contribution in [0.3, 0.4) is 0 Å². The van der Waals surface area contributed by atoms with Gasteiger partial charge in [0, 0.05) is 51.5 Å². The summed E-state index contributed by atoms with van der Waals surface area (Å²) in [5.41, 5.74) is 8.34. The summed E-state index contributed by atoms with van der Waals surface area (Å²) in [6, 6.07) is 34.5. The minimum absolute atomic E-state index is 0. The van der Waals surface area contributed by atoms with Gasteiger partial charge in [-0.3, -0.25) is 20.0 Å². The molecule has 0 unspecified atom stereocenters. The molecule has 0 N–H and O–H groups in total. The second kappa shape index (κ2) is 25.5. The normalized spacial score (nSPS) is 12.7. The Kier molecular flexibility index (Phi) is 22.1. The molecule has 0 aliphatic rings. The van der Waals surface area contributed by atoms with Crippen LogP contribution in [0.25, 0.3) is 10.6 Å². The molecule has 0 saturated carbocycles. The quantitative estimate of drug-likeness (QED) is 0.0872. The molecule has 2 radical (unpaired) electrons. The SMILES string of the molecule is CO[C@H]([N-]c1ccccc1C=Nc1cc(C(C)(C)C)cc(C(C)(C)C)c1[O-])c1ccccn1.CO[C@H]([N-]c1ccccc1C=Nc1cc(C(C)(C)C)cc(C(C)(C)C)c1[O-])c1ccccn1.[Fe+3].[Fe+3].[O-2]. The van der Waals surface area contributed by atoms with Gasteiger partial charge in [-0.05, 0) is 91.4 Å². The molecular weight excluding hydrogens is 948 g/mol. The second-order valence-corrected chi connectivity index (χ2v) is 20.3. The fourth-order valence-corrected chi connectivity index (χ4v) is 6.88. The molecule has 2 atom stereocenters. The number of rotatable bonds is 12. The van der Waals surface area contributed by atoms with E-state index in [4.69, 9.17) is 20.1 Å². The van der Waals surface area contributed by atoms with Crippen LogP contribution in [-0.2, 0) is 70.7 Å². The van der Waals surface area contributed by atoms with Crippen molar-refractivity contribution in [2.24, 2.45) is 9.98 Å². The molecule has 13 heteroatoms. The van der Waals surface area contributed by atoms with Crippen LogP contribution in [0.15, 0.2) is 132 Å². The van der Waals surface area contributed by atoms with Crippen LogP contribution in [0.2, 0.25) is 0 Å². The van der Waals surface area contributed by atoms with Crippen molar-refractivity contribution in [1.82, 2.24) is 9.97 Å². The number of benzene rings is 4. The maximum atomic E-state index is 13.2. The molecule has 11 nitrogen and oxygen atoms in total. The molecule has 0 saturated heterocycles. The molecule has 0 amide bonds. The van der Waals surface area contributed by atoms with Gasteiger partial charge in [0.25, 0.3) is 0 Å². The third-order valence-corrected chi connectivity index (χ3v) is 10.9. The molecular formula is C56H66Fe2N6O5. The molecule has 4 aromatic carbocycles. The van der Waals surface area contributed by atoms with Crippen molar-refractivity contribution in [3.05, 3.63) is 177 Å². The smallest absolute Gasteiger partial charge is 2.00 e. The largest absolute Gasteiger partial charge is 3.00 e. The molecule has 366 valence electrons. The third kappa shape index (κ3) is 16.4. The average Bonchev–Trinajstić information content (AvgIpc) is 3.26. The maximum Gasteiger partial charge on any atom is 3.00 e. The van der Waals surface area contributed by atoms with Gasteiger partial charge in [-0.25, -0.2) is 0 Å². The van der Waals surface area contributed by atoms with Crippen molar-refractivity contribution in [3.8, 4) is 11.5 Å². The average molecular weight is 1010 g/mol. The van der Waals surface area contributed by atoms with Crippen molar-refractivity contribution >= 4 is 35.2 Å². The zero-order valence-corrected chi connectivity index (χ0v) is 44.5. The zero-order valence-electron chi connectivity index (χ0n) is 42.3. The molecule has 2 aromatic heterocycles. The van der Waals surface area contributed by atoms with Crippen LogP contribution >= 0.6 is 0 Å². The van der Waals surface area contributed by atoms with Crippen LogP contribution in [0, 0.1) is 0 Å². The number of para-hydroxylation sites is 2. The first-order valence-electron chi connectivity index (χ1n) is 22.3. The number of methoxy groups -OCH3 is 2. The van der Waals surface area contributed by atoms with Gasteiger partial charge in [0.2, 0.25) is 0 Å². The van der Waals surface area contributed by atoms with Crippen LogP contribution in [-0.4, -0.2) is 36.6 Å². The summed E-state index contributed by atoms with van der Waals surface area (Å²) >= 11 is 0. The van der Waals surface area contributed by atoms with Crippen molar-refractivity contribution < 1.29 is 59.3 Å². The Bertz CT molecular complexity index is 2420. The predicted molar refractivity (Wildman–Crippen MR) is 269 cm³/mol. The first kappa shape index (κ1) is 59.8. The minimum Gasteiger partial charge on any atom is -2.00 e. The Labute approximate surface area is 432 Å². The number of nitrogens with zero attached hydrogens (tertiary/aromatic N) is 6. The Morgan fingerprint density at radius 2 is 0.826 bits per heavy atom. The maximum absolute atomic E-state index is 13.2. The number of pyridine rings is 2. The van der Waals surface area contributed by atoms with E-state index in [1.54, 1.807) is 39.0 Å². The molecule has 0 bridgehead atoms. The molecule has 0 fully saturated rings. The van der Waals surface area contributed by atoms with Gasteiger partial charge in [0.15, 0.2) is 0 Å². The summed E-state index contributed by atoms with van der Waals surface area (Å²) in [5.74, 6) is -0.0751. The van der Waals surface area contributed by atoms with E-state index in [9.17, 15) is 10.2 Å². The number of aliphatic imine (C=N–C) groups is 2. The summed E-state index contributed by atoms with van der Waals surface area (Å²) in [6.07, 6.45) is 5.78. The molecule has 0 spiro atoms. The Morgan fingerprint density at radius 3 is 1.12 bits per heavy atom. The summed E-state index contributed by atoms with van der Waals surface area (Å²) in [7, 11) is 3.21. The Morgan fingerprint density at radius 1 is 0.493 bits per heavy atom. The van der Waals surface area contributed by atoms with Crippen LogP contribution in [0.5, 0.6) is 11.5 Å². The fourth-order valence-electron chi connectivity index (χ4n) is 6.88. The molecule has 2 heterocycles. The first-order chi connectivity index (χ1) is 31.0. The van der Waals surface area contributed by atoms with Gasteiger partial charge in [-0.15, -0.1) is 11.4 Å². The van der Waals surface area contributed by atoms with Crippen molar-refractivity contribution in [3.63, 3.8) is 0 Å². The van der Waals surface area contributed by atoms with Crippen LogP contribution in [0.1, 0.15) is 140 Å². The monoisotopic (exact) mass is 1010 g/mol. The van der Waals surface area contributed by atoms with E-state index in [-0.39, 0.29) is 72.8 Å². The standard InChI is InChI=1S/2C28H34N3O2.2Fe.O/c2*1-27(2,3)20-16-21(28(4,5)6)25(32)24(17-20)30-18-19-12-8-9-13-22(19)31-26(33-7)23-14-10-11-15-29-23;;;/h2*8-18,26H,1-7H3,(H-,30,31,32);;;/q2*-1;2*+3;-2/p-2/t2*26-;;;/m00.../s1. The fraction of sp³-hybridized carbons (Fsp3) is 0.357. The van der Waals surface area contributed by atoms with Crippen molar-refractivity contribution in [1.29, 1.82) is 0 Å². The van der Waals surface area contributed by atoms with Gasteiger partial charge in [0.1, 0.15) is 0 Å². The van der Waals surface area contributed by atoms with Gasteiger partial charge < -0.3 is 35.8 Å². The molecule has 6 rings (SSSR count). The molecule has 6 aromatic rings. The zero-order chi connectivity index (χ0) is 48.5. The van der Waals surface area contributed by atoms with Gasteiger partial charge >= 0.3 is 34.1 Å². The van der Waals surface area contributed by atoms with E-state index >= 15 is 0 Å². The molecule has 69 heavy (non-hydrogen) atoms. The van der Waals surface area contributed by atoms with Crippen LogP contribution in [0.4, 0.5) is 22.7 Å². The summed E-state index contributed by atoms with van der Waals surface area (Å²) in [6.45, 7) is 25.2. The van der Waals surface area contributed by atoms with Gasteiger partial charge in [-0.2, -0.15) is 0 Å². The van der Waals surface area contributed by atoms with E-state index in [1.165, 1.54) is 0 Å². The summed E-state index contributed by atoms with van der Waals surface area (Å²) in [5, 5.41) is 36.0. The third-order valence-electron chi connectivity index (χ3n) is 10.9. The van der Waals surface area contributed by atoms with Gasteiger partial charge in [0.05, 0.1) is 22.8 Å². The second-order valence-electron chi connectivity index (χ2n) is 20.3. The Balaban J connectivity index is 0.000000454. The number of ether oxygens (including phenoxy) is 2. The van der Waals surface area contributed by atoms with E-state index < -0.39 is 12.5 Å². The number of hydrogen-bond donors (Lipinski definition) is 0. The van der Waals surface area contributed by atoms with Crippen molar-refractivity contribution in [2.75, 3.05) is 14.2 Å². The van der Waals surface area contributed by atoms with E-state index in [0.29, 0.717) is 22.7 Å². The molecule has 0 aliphatic heterocycles. The predicted octanol–water partition coefficient (Wildman–Crippen LogP) is 13.6. The van der Waals surface area contributed by atoms with Gasteiger partial charge in [-0.1, -0.05) is 167 Å². The van der Waals surface area contributed by atoms with E-state index in [2.05, 4.69) is 103 Å². The summed E-state index contributed by atoms with van der Waals surface area (Å²) in [4.78, 5) is 18.0. The first-order valence-corrected chi connectivity index (χ1v) is 22.3. The molecule has 0 aliphatic carbocycles. The Hall–Kier alpha value is -5.36. The van der Waals surface area contributed by atoms with E-state index in [0.717, 1.165) is 44.8 Å².